The van der Waals surface area contributed by atoms with Crippen molar-refractivity contribution in [2.45, 2.75) is 12.8 Å². The minimum atomic E-state index is -0.0180. The van der Waals surface area contributed by atoms with Gasteiger partial charge in [0.05, 0.1) is 0 Å². The predicted molar refractivity (Wildman–Crippen MR) is 76.2 cm³/mol. The summed E-state index contributed by atoms with van der Waals surface area (Å²) < 4.78 is 0. The van der Waals surface area contributed by atoms with E-state index in [0.717, 1.165) is 19.0 Å². The maximum Gasteiger partial charge on any atom is 0.321 e. The van der Waals surface area contributed by atoms with Crippen LogP contribution in [0.4, 0.5) is 10.7 Å². The molecule has 1 saturated heterocycles. The van der Waals surface area contributed by atoms with Gasteiger partial charge in [-0.25, -0.2) is 14.8 Å². The zero-order valence-electron chi connectivity index (χ0n) is 11.4. The lowest BCUT2D eigenvalue weighted by molar-refractivity contribution is 0.198. The smallest absolute Gasteiger partial charge is 0.321 e. The van der Waals surface area contributed by atoms with Gasteiger partial charge in [0.1, 0.15) is 0 Å². The molecule has 1 saturated carbocycles. The molecule has 0 bridgehead atoms. The van der Waals surface area contributed by atoms with Gasteiger partial charge in [-0.05, 0) is 24.8 Å². The number of rotatable bonds is 3. The van der Waals surface area contributed by atoms with Gasteiger partial charge in [0.15, 0.2) is 0 Å². The Bertz CT molecular complexity index is 478. The highest BCUT2D eigenvalue weighted by Crippen LogP contribution is 2.29. The van der Waals surface area contributed by atoms with Crippen molar-refractivity contribution >= 4 is 12.0 Å². The van der Waals surface area contributed by atoms with E-state index in [4.69, 9.17) is 0 Å². The number of carbonyl (C=O) groups excluding carboxylic acids is 1. The fourth-order valence-electron chi connectivity index (χ4n) is 2.20. The second-order valence-electron chi connectivity index (χ2n) is 5.17. The summed E-state index contributed by atoms with van der Waals surface area (Å²) in [5, 5.41) is 2.83. The number of hydrogen-bond acceptors (Lipinski definition) is 4. The van der Waals surface area contributed by atoms with Crippen molar-refractivity contribution in [1.82, 2.24) is 20.2 Å². The second-order valence-corrected chi connectivity index (χ2v) is 5.17. The van der Waals surface area contributed by atoms with Gasteiger partial charge in [0, 0.05) is 44.8 Å². The molecular formula is C14H19N5O. The van der Waals surface area contributed by atoms with Crippen molar-refractivity contribution < 1.29 is 4.79 Å². The van der Waals surface area contributed by atoms with Crippen molar-refractivity contribution in [2.24, 2.45) is 5.92 Å². The quantitative estimate of drug-likeness (QED) is 0.900. The molecule has 1 aliphatic heterocycles. The number of urea groups is 1. The van der Waals surface area contributed by atoms with E-state index in [1.54, 1.807) is 24.7 Å². The van der Waals surface area contributed by atoms with Crippen LogP contribution in [0.3, 0.4) is 0 Å². The molecule has 2 amide bonds. The second kappa shape index (κ2) is 5.90. The summed E-state index contributed by atoms with van der Waals surface area (Å²) in [6.07, 6.45) is 9.84. The summed E-state index contributed by atoms with van der Waals surface area (Å²) >= 11 is 0. The first kappa shape index (κ1) is 12.9. The summed E-state index contributed by atoms with van der Waals surface area (Å²) in [6, 6.07) is 1.79. The van der Waals surface area contributed by atoms with Crippen LogP contribution in [-0.2, 0) is 0 Å². The van der Waals surface area contributed by atoms with Crippen LogP contribution in [-0.4, -0.2) is 47.1 Å². The van der Waals surface area contributed by atoms with Crippen molar-refractivity contribution in [3.05, 3.63) is 30.7 Å². The zero-order valence-corrected chi connectivity index (χ0v) is 11.4. The highest BCUT2D eigenvalue weighted by atomic mass is 16.2. The maximum absolute atomic E-state index is 12.0. The SMILES string of the molecule is O=C(N/C=C/C1CC1)N1CCN(c2ncccn2)CC1. The van der Waals surface area contributed by atoms with Crippen LogP contribution in [0.25, 0.3) is 0 Å². The van der Waals surface area contributed by atoms with E-state index in [9.17, 15) is 4.79 Å². The van der Waals surface area contributed by atoms with E-state index >= 15 is 0 Å². The molecule has 0 aromatic carbocycles. The van der Waals surface area contributed by atoms with Gasteiger partial charge in [-0.1, -0.05) is 6.08 Å². The highest BCUT2D eigenvalue weighted by molar-refractivity contribution is 5.75. The van der Waals surface area contributed by atoms with E-state index in [2.05, 4.69) is 26.3 Å². The minimum absolute atomic E-state index is 0.0180. The molecule has 1 aromatic rings. The molecule has 2 aliphatic rings. The molecule has 2 heterocycles. The van der Waals surface area contributed by atoms with Crippen molar-refractivity contribution in [2.75, 3.05) is 31.1 Å². The number of hydrogen-bond donors (Lipinski definition) is 1. The number of allylic oxidation sites excluding steroid dienone is 1. The van der Waals surface area contributed by atoms with Crippen LogP contribution < -0.4 is 10.2 Å². The van der Waals surface area contributed by atoms with Crippen LogP contribution >= 0.6 is 0 Å². The largest absolute Gasteiger partial charge is 0.337 e. The number of piperazine rings is 1. The normalized spacial score (nSPS) is 19.4. The Morgan fingerprint density at radius 1 is 1.20 bits per heavy atom. The molecule has 20 heavy (non-hydrogen) atoms. The van der Waals surface area contributed by atoms with Crippen LogP contribution in [0, 0.1) is 5.92 Å². The highest BCUT2D eigenvalue weighted by Gasteiger charge is 2.22. The average molecular weight is 273 g/mol. The third kappa shape index (κ3) is 3.26. The number of aromatic nitrogens is 2. The number of nitrogens with one attached hydrogen (secondary N) is 1. The Labute approximate surface area is 118 Å². The third-order valence-electron chi connectivity index (χ3n) is 3.60. The fraction of sp³-hybridized carbons (Fsp3) is 0.500. The van der Waals surface area contributed by atoms with Crippen LogP contribution in [0.5, 0.6) is 0 Å². The Balaban J connectivity index is 1.46. The van der Waals surface area contributed by atoms with Crippen molar-refractivity contribution in [1.29, 1.82) is 0 Å². The molecule has 2 fully saturated rings. The first-order valence-electron chi connectivity index (χ1n) is 7.07. The first-order chi connectivity index (χ1) is 9.83. The fourth-order valence-corrected chi connectivity index (χ4v) is 2.20. The molecule has 1 aliphatic carbocycles. The zero-order chi connectivity index (χ0) is 13.8. The lowest BCUT2D eigenvalue weighted by Gasteiger charge is -2.34. The Kier molecular flexibility index (Phi) is 3.80. The molecule has 0 atom stereocenters. The number of nitrogens with zero attached hydrogens (tertiary/aromatic N) is 4. The van der Waals surface area contributed by atoms with E-state index in [1.807, 2.05) is 4.90 Å². The lowest BCUT2D eigenvalue weighted by Crippen LogP contribution is -2.51. The third-order valence-corrected chi connectivity index (χ3v) is 3.60. The number of carbonyl (C=O) groups is 1. The molecule has 6 heteroatoms. The number of amides is 2. The van der Waals surface area contributed by atoms with E-state index in [1.165, 1.54) is 12.8 Å². The molecule has 1 aromatic heterocycles. The molecule has 0 radical (unpaired) electrons. The Hall–Kier alpha value is -2.11. The molecule has 6 nitrogen and oxygen atoms in total. The van der Waals surface area contributed by atoms with E-state index < -0.39 is 0 Å². The van der Waals surface area contributed by atoms with Gasteiger partial charge in [-0.15, -0.1) is 0 Å². The lowest BCUT2D eigenvalue weighted by atomic mass is 10.3. The molecule has 1 N–H and O–H groups in total. The monoisotopic (exact) mass is 273 g/mol. The van der Waals surface area contributed by atoms with E-state index in [-0.39, 0.29) is 6.03 Å². The summed E-state index contributed by atoms with van der Waals surface area (Å²) in [7, 11) is 0. The van der Waals surface area contributed by atoms with Gasteiger partial charge < -0.3 is 15.1 Å². The van der Waals surface area contributed by atoms with Crippen LogP contribution in [0.1, 0.15) is 12.8 Å². The molecule has 106 valence electrons. The van der Waals surface area contributed by atoms with Crippen molar-refractivity contribution in [3.63, 3.8) is 0 Å². The average Bonchev–Trinajstić information content (AvgIpc) is 3.32. The van der Waals surface area contributed by atoms with Crippen molar-refractivity contribution in [3.8, 4) is 0 Å². The van der Waals surface area contributed by atoms with Gasteiger partial charge in [-0.3, -0.25) is 0 Å². The summed E-state index contributed by atoms with van der Waals surface area (Å²) in [5.74, 6) is 1.42. The summed E-state index contributed by atoms with van der Waals surface area (Å²) in [6.45, 7) is 2.93. The maximum atomic E-state index is 12.0. The predicted octanol–water partition coefficient (Wildman–Crippen LogP) is 1.23. The Morgan fingerprint density at radius 3 is 2.55 bits per heavy atom. The van der Waals surface area contributed by atoms with Crippen LogP contribution in [0.15, 0.2) is 30.7 Å². The molecular weight excluding hydrogens is 254 g/mol. The summed E-state index contributed by atoms with van der Waals surface area (Å²) in [4.78, 5) is 24.4. The van der Waals surface area contributed by atoms with Crippen LogP contribution in [0.2, 0.25) is 0 Å². The standard InChI is InChI=1S/C14H19N5O/c20-14(17-7-4-12-2-3-12)19-10-8-18(9-11-19)13-15-5-1-6-16-13/h1,4-7,12H,2-3,8-11H2,(H,17,20)/b7-4+. The molecule has 0 spiro atoms. The minimum Gasteiger partial charge on any atom is -0.337 e. The van der Waals surface area contributed by atoms with E-state index in [0.29, 0.717) is 19.0 Å². The molecule has 3 rings (SSSR count). The number of anilines is 1. The van der Waals surface area contributed by atoms with Gasteiger partial charge in [0.25, 0.3) is 0 Å². The summed E-state index contributed by atoms with van der Waals surface area (Å²) in [5.41, 5.74) is 0. The first-order valence-corrected chi connectivity index (χ1v) is 7.07. The molecule has 0 unspecified atom stereocenters. The van der Waals surface area contributed by atoms with Gasteiger partial charge in [0.2, 0.25) is 5.95 Å². The topological polar surface area (TPSA) is 61.4 Å². The Morgan fingerprint density at radius 2 is 1.90 bits per heavy atom. The van der Waals surface area contributed by atoms with Gasteiger partial charge >= 0.3 is 6.03 Å². The van der Waals surface area contributed by atoms with Gasteiger partial charge in [-0.2, -0.15) is 0 Å².